The van der Waals surface area contributed by atoms with Crippen molar-refractivity contribution < 1.29 is 4.92 Å². The molecule has 0 bridgehead atoms. The summed E-state index contributed by atoms with van der Waals surface area (Å²) in [4.78, 5) is 22.9. The van der Waals surface area contributed by atoms with Crippen molar-refractivity contribution in [3.05, 3.63) is 44.4 Å². The Hall–Kier alpha value is -2.42. The molecule has 1 aliphatic rings. The van der Waals surface area contributed by atoms with E-state index in [1.165, 1.54) is 28.6 Å². The predicted octanol–water partition coefficient (Wildman–Crippen LogP) is 1.19. The third kappa shape index (κ3) is 1.83. The number of non-ortho nitro benzene ring substituents is 1. The molecule has 2 heterocycles. The highest BCUT2D eigenvalue weighted by Crippen LogP contribution is 2.37. The highest BCUT2D eigenvalue weighted by Gasteiger charge is 2.21. The van der Waals surface area contributed by atoms with E-state index in [0.717, 1.165) is 4.90 Å². The molecule has 3 rings (SSSR count). The molecule has 8 nitrogen and oxygen atoms in total. The van der Waals surface area contributed by atoms with Gasteiger partial charge in [0.05, 0.1) is 10.6 Å². The number of hydrogen-bond acceptors (Lipinski definition) is 7. The zero-order valence-electron chi connectivity index (χ0n) is 9.65. The smallest absolute Gasteiger partial charge is 0.288 e. The molecule has 9 heteroatoms. The highest BCUT2D eigenvalue weighted by atomic mass is 32.2. The third-order valence-corrected chi connectivity index (χ3v) is 3.62. The van der Waals surface area contributed by atoms with E-state index in [9.17, 15) is 14.9 Å². The van der Waals surface area contributed by atoms with Crippen LogP contribution in [0.15, 0.2) is 33.0 Å². The van der Waals surface area contributed by atoms with Crippen LogP contribution in [0, 0.1) is 17.0 Å². The Morgan fingerprint density at radius 2 is 2.21 bits per heavy atom. The van der Waals surface area contributed by atoms with Gasteiger partial charge in [-0.05, 0) is 24.8 Å². The number of aromatic nitrogens is 3. The summed E-state index contributed by atoms with van der Waals surface area (Å²) < 4.78 is 1.24. The predicted molar refractivity (Wildman–Crippen MR) is 67.3 cm³/mol. The fourth-order valence-electron chi connectivity index (χ4n) is 1.65. The summed E-state index contributed by atoms with van der Waals surface area (Å²) in [7, 11) is 0. The molecule has 0 radical (unpaired) electrons. The number of fused-ring (bicyclic) bond motifs is 2. The van der Waals surface area contributed by atoms with Gasteiger partial charge in [0.15, 0.2) is 0 Å². The highest BCUT2D eigenvalue weighted by molar-refractivity contribution is 7.99. The van der Waals surface area contributed by atoms with Gasteiger partial charge in [-0.15, -0.1) is 10.2 Å². The SMILES string of the molecule is Cc1nnc2n(c1=O)Nc1cc([N+](=O)[O-])ccc1S2. The van der Waals surface area contributed by atoms with Crippen molar-refractivity contribution in [2.75, 3.05) is 5.43 Å². The number of hydrogen-bond donors (Lipinski definition) is 1. The number of rotatable bonds is 1. The van der Waals surface area contributed by atoms with Crippen molar-refractivity contribution in [1.29, 1.82) is 0 Å². The van der Waals surface area contributed by atoms with Gasteiger partial charge >= 0.3 is 0 Å². The summed E-state index contributed by atoms with van der Waals surface area (Å²) in [6, 6.07) is 4.40. The maximum Gasteiger partial charge on any atom is 0.294 e. The summed E-state index contributed by atoms with van der Waals surface area (Å²) in [5.74, 6) is 0. The van der Waals surface area contributed by atoms with Crippen LogP contribution in [0.3, 0.4) is 0 Å². The maximum absolute atomic E-state index is 11.9. The van der Waals surface area contributed by atoms with Crippen molar-refractivity contribution in [2.45, 2.75) is 17.0 Å². The molecule has 1 N–H and O–H groups in total. The van der Waals surface area contributed by atoms with Crippen LogP contribution in [0.4, 0.5) is 11.4 Å². The fourth-order valence-corrected chi connectivity index (χ4v) is 2.49. The summed E-state index contributed by atoms with van der Waals surface area (Å²) in [6.45, 7) is 1.55. The molecular weight excluding hydrogens is 270 g/mol. The number of nitrogens with one attached hydrogen (secondary N) is 1. The summed E-state index contributed by atoms with van der Waals surface area (Å²) in [5.41, 5.74) is 3.21. The van der Waals surface area contributed by atoms with Crippen molar-refractivity contribution in [1.82, 2.24) is 14.9 Å². The van der Waals surface area contributed by atoms with E-state index < -0.39 is 4.92 Å². The minimum atomic E-state index is -0.485. The lowest BCUT2D eigenvalue weighted by molar-refractivity contribution is -0.384. The Kier molecular flexibility index (Phi) is 2.49. The molecule has 1 aliphatic heterocycles. The second-order valence-corrected chi connectivity index (χ2v) is 4.87. The number of benzene rings is 1. The minimum absolute atomic E-state index is 0.0397. The Labute approximate surface area is 110 Å². The third-order valence-electron chi connectivity index (χ3n) is 2.60. The number of nitro benzene ring substituents is 1. The second kappa shape index (κ2) is 4.05. The monoisotopic (exact) mass is 277 g/mol. The van der Waals surface area contributed by atoms with Gasteiger partial charge in [-0.2, -0.15) is 4.68 Å². The van der Waals surface area contributed by atoms with Crippen LogP contribution in [-0.4, -0.2) is 19.8 Å². The molecule has 0 saturated heterocycles. The molecule has 0 aliphatic carbocycles. The van der Waals surface area contributed by atoms with Gasteiger partial charge in [-0.1, -0.05) is 0 Å². The molecule has 0 fully saturated rings. The Morgan fingerprint density at radius 1 is 1.42 bits per heavy atom. The lowest BCUT2D eigenvalue weighted by Gasteiger charge is -2.20. The van der Waals surface area contributed by atoms with E-state index in [1.54, 1.807) is 13.0 Å². The number of aryl methyl sites for hydroxylation is 1. The summed E-state index contributed by atoms with van der Waals surface area (Å²) >= 11 is 1.23. The van der Waals surface area contributed by atoms with Gasteiger partial charge in [0.2, 0.25) is 5.16 Å². The minimum Gasteiger partial charge on any atom is -0.288 e. The molecule has 1 aromatic heterocycles. The number of nitro groups is 1. The van der Waals surface area contributed by atoms with E-state index in [2.05, 4.69) is 15.6 Å². The summed E-state index contributed by atoms with van der Waals surface area (Å²) in [5, 5.41) is 18.8. The fraction of sp³-hybridized carbons (Fsp3) is 0.100. The van der Waals surface area contributed by atoms with E-state index in [4.69, 9.17) is 0 Å². The molecule has 19 heavy (non-hydrogen) atoms. The normalized spacial score (nSPS) is 12.3. The molecule has 0 spiro atoms. The molecule has 2 aromatic rings. The number of nitrogens with zero attached hydrogens (tertiary/aromatic N) is 4. The quantitative estimate of drug-likeness (QED) is 0.526. The first-order valence-corrected chi connectivity index (χ1v) is 6.07. The van der Waals surface area contributed by atoms with Crippen molar-refractivity contribution in [2.24, 2.45) is 0 Å². The molecule has 0 amide bonds. The molecule has 96 valence electrons. The van der Waals surface area contributed by atoms with Gasteiger partial charge in [0, 0.05) is 17.0 Å². The van der Waals surface area contributed by atoms with Gasteiger partial charge < -0.3 is 0 Å². The Bertz CT molecular complexity index is 757. The molecule has 0 unspecified atom stereocenters. The Balaban J connectivity index is 2.13. The van der Waals surface area contributed by atoms with Gasteiger partial charge in [0.25, 0.3) is 11.2 Å². The number of anilines is 1. The van der Waals surface area contributed by atoms with Crippen LogP contribution in [0.5, 0.6) is 0 Å². The lowest BCUT2D eigenvalue weighted by Crippen LogP contribution is -2.33. The average molecular weight is 277 g/mol. The van der Waals surface area contributed by atoms with Crippen LogP contribution in [0.2, 0.25) is 0 Å². The topological polar surface area (TPSA) is 103 Å². The van der Waals surface area contributed by atoms with Gasteiger partial charge in [-0.3, -0.25) is 20.3 Å². The average Bonchev–Trinajstić information content (AvgIpc) is 2.41. The van der Waals surface area contributed by atoms with Crippen LogP contribution in [0.1, 0.15) is 5.69 Å². The Morgan fingerprint density at radius 3 is 2.95 bits per heavy atom. The molecular formula is C10H7N5O3S. The summed E-state index contributed by atoms with van der Waals surface area (Å²) in [6.07, 6.45) is 0. The van der Waals surface area contributed by atoms with Crippen molar-refractivity contribution >= 4 is 23.1 Å². The lowest BCUT2D eigenvalue weighted by atomic mass is 10.3. The first-order chi connectivity index (χ1) is 9.06. The van der Waals surface area contributed by atoms with Crippen LogP contribution in [0.25, 0.3) is 0 Å². The van der Waals surface area contributed by atoms with Gasteiger partial charge in [0.1, 0.15) is 5.69 Å². The van der Waals surface area contributed by atoms with Crippen molar-refractivity contribution in [3.63, 3.8) is 0 Å². The zero-order valence-corrected chi connectivity index (χ0v) is 10.5. The van der Waals surface area contributed by atoms with E-state index >= 15 is 0 Å². The first-order valence-electron chi connectivity index (χ1n) is 5.26. The first kappa shape index (κ1) is 11.7. The molecule has 0 saturated carbocycles. The second-order valence-electron chi connectivity index (χ2n) is 3.86. The largest absolute Gasteiger partial charge is 0.294 e. The van der Waals surface area contributed by atoms with Crippen LogP contribution in [-0.2, 0) is 0 Å². The maximum atomic E-state index is 11.9. The van der Waals surface area contributed by atoms with Crippen LogP contribution >= 0.6 is 11.8 Å². The van der Waals surface area contributed by atoms with Crippen molar-refractivity contribution in [3.8, 4) is 0 Å². The molecule has 1 aromatic carbocycles. The zero-order chi connectivity index (χ0) is 13.6. The van der Waals surface area contributed by atoms with Crippen LogP contribution < -0.4 is 11.0 Å². The van der Waals surface area contributed by atoms with E-state index in [0.29, 0.717) is 10.8 Å². The standard InChI is InChI=1S/C10H7N5O3S/c1-5-9(16)14-10(12-11-5)19-8-3-2-6(15(17)18)4-7(8)13-14/h2-4,13H,1H3. The van der Waals surface area contributed by atoms with E-state index in [-0.39, 0.29) is 16.9 Å². The van der Waals surface area contributed by atoms with E-state index in [1.807, 2.05) is 0 Å². The molecule has 0 atom stereocenters. The van der Waals surface area contributed by atoms with Gasteiger partial charge in [-0.25, -0.2) is 0 Å².